The van der Waals surface area contributed by atoms with Crippen LogP contribution in [0.25, 0.3) is 11.1 Å². The van der Waals surface area contributed by atoms with Gasteiger partial charge in [0.05, 0.1) is 13.2 Å². The highest BCUT2D eigenvalue weighted by Gasteiger charge is 2.43. The highest BCUT2D eigenvalue weighted by Crippen LogP contribution is 2.58. The lowest BCUT2D eigenvalue weighted by Gasteiger charge is -2.30. The first-order valence-corrected chi connectivity index (χ1v) is 19.5. The lowest BCUT2D eigenvalue weighted by Crippen LogP contribution is -2.17. The van der Waals surface area contributed by atoms with Crippen molar-refractivity contribution >= 4 is 11.1 Å². The maximum atomic E-state index is 6.39. The summed E-state index contributed by atoms with van der Waals surface area (Å²) < 4.78 is 12.7. The van der Waals surface area contributed by atoms with Gasteiger partial charge in [0.25, 0.3) is 0 Å². The minimum absolute atomic E-state index is 0.0841. The molecule has 0 bridgehead atoms. The molecule has 0 spiro atoms. The first-order valence-electron chi connectivity index (χ1n) is 19.5. The van der Waals surface area contributed by atoms with Crippen molar-refractivity contribution < 1.29 is 9.47 Å². The average molecular weight is 629 g/mol. The molecule has 0 fully saturated rings. The van der Waals surface area contributed by atoms with Gasteiger partial charge < -0.3 is 9.47 Å². The number of benzene rings is 2. The summed E-state index contributed by atoms with van der Waals surface area (Å²) in [5, 5.41) is 0. The number of hydrogen-bond donors (Lipinski definition) is 0. The summed E-state index contributed by atoms with van der Waals surface area (Å²) in [5.41, 5.74) is 8.94. The second kappa shape index (κ2) is 18.4. The number of fused-ring (bicyclic) bond motifs is 2. The van der Waals surface area contributed by atoms with Gasteiger partial charge in [-0.3, -0.25) is 0 Å². The normalized spacial score (nSPS) is 17.7. The number of allylic oxidation sites excluding steroid dienone is 2. The van der Waals surface area contributed by atoms with E-state index in [9.17, 15) is 0 Å². The molecule has 2 nitrogen and oxygen atoms in total. The molecule has 0 heterocycles. The Morgan fingerprint density at radius 2 is 0.783 bits per heavy atom. The Morgan fingerprint density at radius 3 is 1.15 bits per heavy atom. The fourth-order valence-corrected chi connectivity index (χ4v) is 8.07. The van der Waals surface area contributed by atoms with E-state index in [1.54, 1.807) is 0 Å². The number of unbranched alkanes of at least 4 members (excludes halogenated alkanes) is 16. The molecule has 0 unspecified atom stereocenters. The van der Waals surface area contributed by atoms with Gasteiger partial charge in [0.15, 0.2) is 0 Å². The van der Waals surface area contributed by atoms with Crippen molar-refractivity contribution in [1.29, 1.82) is 0 Å². The zero-order valence-corrected chi connectivity index (χ0v) is 30.8. The van der Waals surface area contributed by atoms with Gasteiger partial charge in [0.1, 0.15) is 11.5 Å². The van der Waals surface area contributed by atoms with Gasteiger partial charge in [-0.05, 0) is 94.2 Å². The summed E-state index contributed by atoms with van der Waals surface area (Å²) in [5.74, 6) is 2.05. The molecule has 2 aliphatic carbocycles. The van der Waals surface area contributed by atoms with E-state index in [-0.39, 0.29) is 10.8 Å². The molecule has 0 N–H and O–H groups in total. The van der Waals surface area contributed by atoms with Gasteiger partial charge >= 0.3 is 0 Å². The van der Waals surface area contributed by atoms with E-state index in [1.165, 1.54) is 136 Å². The highest BCUT2D eigenvalue weighted by atomic mass is 16.5. The monoisotopic (exact) mass is 629 g/mol. The third-order valence-corrected chi connectivity index (χ3v) is 10.6. The molecule has 0 atom stereocenters. The third-order valence-electron chi connectivity index (χ3n) is 10.6. The van der Waals surface area contributed by atoms with Crippen LogP contribution in [0.1, 0.15) is 179 Å². The second-order valence-electron chi connectivity index (χ2n) is 15.9. The van der Waals surface area contributed by atoms with Gasteiger partial charge in [-0.15, -0.1) is 0 Å². The predicted molar refractivity (Wildman–Crippen MR) is 200 cm³/mol. The smallest absolute Gasteiger partial charge is 0.119 e. The van der Waals surface area contributed by atoms with Crippen LogP contribution in [0.5, 0.6) is 11.5 Å². The Kier molecular flexibility index (Phi) is 14.6. The largest absolute Gasteiger partial charge is 0.494 e. The first kappa shape index (κ1) is 36.6. The Balaban J connectivity index is 1.30. The molecule has 2 aromatic rings. The number of hydrogen-bond acceptors (Lipinski definition) is 2. The molecule has 2 heteroatoms. The molecule has 0 radical (unpaired) electrons. The molecular weight excluding hydrogens is 560 g/mol. The molecule has 0 amide bonds. The Hall–Kier alpha value is -2.22. The van der Waals surface area contributed by atoms with Gasteiger partial charge in [-0.2, -0.15) is 0 Å². The van der Waals surface area contributed by atoms with Crippen LogP contribution in [0.15, 0.2) is 36.4 Å². The third kappa shape index (κ3) is 10.4. The van der Waals surface area contributed by atoms with Gasteiger partial charge in [0.2, 0.25) is 0 Å². The maximum absolute atomic E-state index is 6.39. The standard InChI is InChI=1S/C44H68O2/c1-7-9-11-13-14-15-16-17-18-19-20-21-22-24-30-46-38-28-26-36-34-44(5,6)42(40(36)32-38)41-39-31-37(45-29-23-12-10-8-2)27-25-35(39)33-43(41,3)4/h25-28,31-32H,7-24,29-30,33-34H2,1-6H3/b42-41+. The lowest BCUT2D eigenvalue weighted by atomic mass is 9.74. The minimum atomic E-state index is 0.0841. The average Bonchev–Trinajstić information content (AvgIpc) is 3.44. The molecule has 0 aliphatic heterocycles. The molecule has 0 saturated heterocycles. The van der Waals surface area contributed by atoms with E-state index in [0.29, 0.717) is 0 Å². The fraction of sp³-hybridized carbons (Fsp3) is 0.682. The molecular formula is C44H68O2. The molecule has 46 heavy (non-hydrogen) atoms. The zero-order valence-electron chi connectivity index (χ0n) is 30.8. The van der Waals surface area contributed by atoms with E-state index in [1.807, 2.05) is 0 Å². The predicted octanol–water partition coefficient (Wildman–Crippen LogP) is 13.6. The molecule has 4 rings (SSSR count). The zero-order chi connectivity index (χ0) is 32.8. The van der Waals surface area contributed by atoms with Crippen LogP contribution in [-0.2, 0) is 12.8 Å². The number of rotatable bonds is 22. The highest BCUT2D eigenvalue weighted by molar-refractivity contribution is 6.00. The lowest BCUT2D eigenvalue weighted by molar-refractivity contribution is 0.304. The van der Waals surface area contributed by atoms with E-state index in [4.69, 9.17) is 9.47 Å². The SMILES string of the molecule is CCCCCCCCCCCCCCCCOc1ccc2c(c1)/C(=C1/c3cc(OCCCCCC)ccc3CC1(C)C)C(C)(C)C2. The van der Waals surface area contributed by atoms with Crippen LogP contribution in [0, 0.1) is 10.8 Å². The maximum Gasteiger partial charge on any atom is 0.119 e. The summed E-state index contributed by atoms with van der Waals surface area (Å²) in [6.07, 6.45) is 26.5. The van der Waals surface area contributed by atoms with Crippen molar-refractivity contribution in [1.82, 2.24) is 0 Å². The summed E-state index contributed by atoms with van der Waals surface area (Å²) >= 11 is 0. The van der Waals surface area contributed by atoms with Crippen LogP contribution >= 0.6 is 0 Å². The van der Waals surface area contributed by atoms with Crippen molar-refractivity contribution in [2.45, 2.75) is 170 Å². The summed E-state index contributed by atoms with van der Waals surface area (Å²) in [6.45, 7) is 15.9. The van der Waals surface area contributed by atoms with Crippen molar-refractivity contribution in [3.05, 3.63) is 58.7 Å². The van der Waals surface area contributed by atoms with Crippen molar-refractivity contribution in [2.75, 3.05) is 13.2 Å². The minimum Gasteiger partial charge on any atom is -0.494 e. The van der Waals surface area contributed by atoms with Crippen molar-refractivity contribution in [2.24, 2.45) is 10.8 Å². The first-order chi connectivity index (χ1) is 22.3. The van der Waals surface area contributed by atoms with Crippen LogP contribution in [-0.4, -0.2) is 13.2 Å². The van der Waals surface area contributed by atoms with Gasteiger partial charge in [-0.1, -0.05) is 156 Å². The second-order valence-corrected chi connectivity index (χ2v) is 15.9. The van der Waals surface area contributed by atoms with E-state index in [0.717, 1.165) is 50.4 Å². The Morgan fingerprint density at radius 1 is 0.457 bits per heavy atom. The topological polar surface area (TPSA) is 18.5 Å². The van der Waals surface area contributed by atoms with Crippen molar-refractivity contribution in [3.8, 4) is 11.5 Å². The molecule has 2 aromatic carbocycles. The van der Waals surface area contributed by atoms with Gasteiger partial charge in [-0.25, -0.2) is 0 Å². The van der Waals surface area contributed by atoms with E-state index < -0.39 is 0 Å². The Labute approximate surface area is 284 Å². The van der Waals surface area contributed by atoms with Crippen LogP contribution < -0.4 is 9.47 Å². The quantitative estimate of drug-likeness (QED) is 0.121. The summed E-state index contributed by atoms with van der Waals surface area (Å²) in [7, 11) is 0. The molecule has 0 saturated carbocycles. The Bertz CT molecular complexity index is 1230. The van der Waals surface area contributed by atoms with E-state index in [2.05, 4.69) is 77.9 Å². The fourth-order valence-electron chi connectivity index (χ4n) is 8.07. The van der Waals surface area contributed by atoms with Gasteiger partial charge in [0, 0.05) is 0 Å². The van der Waals surface area contributed by atoms with Crippen LogP contribution in [0.4, 0.5) is 0 Å². The summed E-state index contributed by atoms with van der Waals surface area (Å²) in [4.78, 5) is 0. The van der Waals surface area contributed by atoms with Crippen LogP contribution in [0.3, 0.4) is 0 Å². The molecule has 256 valence electrons. The molecule has 0 aromatic heterocycles. The molecule has 2 aliphatic rings. The van der Waals surface area contributed by atoms with E-state index >= 15 is 0 Å². The van der Waals surface area contributed by atoms with Crippen LogP contribution in [0.2, 0.25) is 0 Å². The van der Waals surface area contributed by atoms with Crippen molar-refractivity contribution in [3.63, 3.8) is 0 Å². The summed E-state index contributed by atoms with van der Waals surface area (Å²) in [6, 6.07) is 13.8. The number of ether oxygens (including phenoxy) is 2.